The maximum atomic E-state index is 13.0. The van der Waals surface area contributed by atoms with Gasteiger partial charge < -0.3 is 0 Å². The van der Waals surface area contributed by atoms with E-state index in [1.54, 1.807) is 11.4 Å². The number of benzene rings is 1. The lowest BCUT2D eigenvalue weighted by atomic mass is 10.2. The van der Waals surface area contributed by atoms with Crippen LogP contribution < -0.4 is 11.2 Å². The van der Waals surface area contributed by atoms with Gasteiger partial charge >= 0.3 is 5.69 Å². The largest absolute Gasteiger partial charge is 0.332 e. The first kappa shape index (κ1) is 16.4. The van der Waals surface area contributed by atoms with Gasteiger partial charge in [0.25, 0.3) is 5.56 Å². The number of rotatable bonds is 3. The topological polar surface area (TPSA) is 66.2 Å². The predicted molar refractivity (Wildman–Crippen MR) is 101 cm³/mol. The van der Waals surface area contributed by atoms with E-state index in [2.05, 4.69) is 4.98 Å². The van der Waals surface area contributed by atoms with Gasteiger partial charge in [0, 0.05) is 25.5 Å². The summed E-state index contributed by atoms with van der Waals surface area (Å²) in [6, 6.07) is 8.03. The molecule has 0 N–H and O–H groups in total. The van der Waals surface area contributed by atoms with E-state index in [1.165, 1.54) is 9.13 Å². The number of hydrogen-bond acceptors (Lipinski definition) is 3. The SMILES string of the molecule is CCCn1c(=O)c2c(nc3n(-c4ccccc4C)c(C)cn23)n(C)c1=O. The summed E-state index contributed by atoms with van der Waals surface area (Å²) in [5.41, 5.74) is 3.31. The molecule has 0 aliphatic carbocycles. The Morgan fingerprint density at radius 2 is 1.85 bits per heavy atom. The molecular weight excluding hydrogens is 330 g/mol. The zero-order valence-electron chi connectivity index (χ0n) is 15.4. The van der Waals surface area contributed by atoms with Crippen LogP contribution in [0.15, 0.2) is 40.1 Å². The van der Waals surface area contributed by atoms with E-state index in [4.69, 9.17) is 0 Å². The second kappa shape index (κ2) is 5.72. The summed E-state index contributed by atoms with van der Waals surface area (Å²) in [6.07, 6.45) is 2.62. The quantitative estimate of drug-likeness (QED) is 0.568. The minimum Gasteiger partial charge on any atom is -0.283 e. The highest BCUT2D eigenvalue weighted by molar-refractivity contribution is 5.76. The summed E-state index contributed by atoms with van der Waals surface area (Å²) < 4.78 is 6.56. The van der Waals surface area contributed by atoms with Crippen LogP contribution in [-0.2, 0) is 13.6 Å². The fraction of sp³-hybridized carbons (Fsp3) is 0.316. The molecule has 0 radical (unpaired) electrons. The minimum atomic E-state index is -0.329. The van der Waals surface area contributed by atoms with Crippen LogP contribution in [0, 0.1) is 13.8 Å². The van der Waals surface area contributed by atoms with Crippen LogP contribution in [0.3, 0.4) is 0 Å². The van der Waals surface area contributed by atoms with Crippen LogP contribution in [0.5, 0.6) is 0 Å². The van der Waals surface area contributed by atoms with E-state index < -0.39 is 0 Å². The van der Waals surface area contributed by atoms with Gasteiger partial charge in [-0.2, -0.15) is 4.98 Å². The van der Waals surface area contributed by atoms with Crippen molar-refractivity contribution in [1.29, 1.82) is 0 Å². The van der Waals surface area contributed by atoms with Gasteiger partial charge in [-0.3, -0.25) is 22.9 Å². The van der Waals surface area contributed by atoms with E-state index in [0.717, 1.165) is 16.9 Å². The first-order valence-electron chi connectivity index (χ1n) is 8.71. The molecule has 0 unspecified atom stereocenters. The fourth-order valence-electron chi connectivity index (χ4n) is 3.54. The average molecular weight is 351 g/mol. The van der Waals surface area contributed by atoms with Crippen LogP contribution in [0.2, 0.25) is 0 Å². The van der Waals surface area contributed by atoms with Gasteiger partial charge in [-0.05, 0) is 31.9 Å². The zero-order chi connectivity index (χ0) is 18.6. The third-order valence-corrected chi connectivity index (χ3v) is 4.83. The Hall–Kier alpha value is -3.09. The number of aromatic nitrogens is 5. The number of aryl methyl sites for hydroxylation is 3. The molecule has 3 heterocycles. The lowest BCUT2D eigenvalue weighted by molar-refractivity contribution is 0.592. The fourth-order valence-corrected chi connectivity index (χ4v) is 3.54. The molecule has 7 nitrogen and oxygen atoms in total. The van der Waals surface area contributed by atoms with E-state index in [0.29, 0.717) is 29.9 Å². The molecule has 0 amide bonds. The highest BCUT2D eigenvalue weighted by atomic mass is 16.2. The maximum Gasteiger partial charge on any atom is 0.332 e. The van der Waals surface area contributed by atoms with E-state index >= 15 is 0 Å². The van der Waals surface area contributed by atoms with Crippen molar-refractivity contribution in [1.82, 2.24) is 23.1 Å². The van der Waals surface area contributed by atoms with Gasteiger partial charge in [0.1, 0.15) is 0 Å². The molecule has 0 spiro atoms. The highest BCUT2D eigenvalue weighted by Gasteiger charge is 2.20. The summed E-state index contributed by atoms with van der Waals surface area (Å²) in [5, 5.41) is 0. The van der Waals surface area contributed by atoms with Crippen molar-refractivity contribution in [3.8, 4) is 5.69 Å². The van der Waals surface area contributed by atoms with Gasteiger partial charge in [-0.1, -0.05) is 25.1 Å². The lowest BCUT2D eigenvalue weighted by Gasteiger charge is -2.08. The zero-order valence-corrected chi connectivity index (χ0v) is 15.4. The minimum absolute atomic E-state index is 0.292. The molecule has 1 aromatic carbocycles. The maximum absolute atomic E-state index is 13.0. The first-order valence-corrected chi connectivity index (χ1v) is 8.71. The number of imidazole rings is 2. The second-order valence-electron chi connectivity index (χ2n) is 6.64. The monoisotopic (exact) mass is 351 g/mol. The van der Waals surface area contributed by atoms with E-state index in [-0.39, 0.29) is 11.2 Å². The van der Waals surface area contributed by atoms with Crippen molar-refractivity contribution in [2.45, 2.75) is 33.7 Å². The number of para-hydroxylation sites is 1. The Kier molecular flexibility index (Phi) is 3.61. The van der Waals surface area contributed by atoms with Crippen LogP contribution in [0.1, 0.15) is 24.6 Å². The molecule has 0 saturated heterocycles. The Balaban J connectivity index is 2.17. The van der Waals surface area contributed by atoms with Crippen molar-refractivity contribution in [2.24, 2.45) is 7.05 Å². The molecule has 3 aromatic heterocycles. The summed E-state index contributed by atoms with van der Waals surface area (Å²) in [5.74, 6) is 0.633. The van der Waals surface area contributed by atoms with Crippen molar-refractivity contribution in [3.05, 3.63) is 62.6 Å². The van der Waals surface area contributed by atoms with Gasteiger partial charge in [-0.25, -0.2) is 4.79 Å². The number of fused-ring (bicyclic) bond motifs is 3. The van der Waals surface area contributed by atoms with Crippen LogP contribution in [0.25, 0.3) is 22.6 Å². The Bertz CT molecular complexity index is 1270. The molecular formula is C19H21N5O2. The molecule has 0 bridgehead atoms. The van der Waals surface area contributed by atoms with Crippen LogP contribution in [-0.4, -0.2) is 23.1 Å². The summed E-state index contributed by atoms with van der Waals surface area (Å²) in [6.45, 7) is 6.37. The van der Waals surface area contributed by atoms with Crippen molar-refractivity contribution in [2.75, 3.05) is 0 Å². The molecule has 7 heteroatoms. The van der Waals surface area contributed by atoms with Crippen molar-refractivity contribution in [3.63, 3.8) is 0 Å². The van der Waals surface area contributed by atoms with Crippen LogP contribution >= 0.6 is 0 Å². The van der Waals surface area contributed by atoms with Gasteiger partial charge in [0.15, 0.2) is 11.2 Å². The van der Waals surface area contributed by atoms with E-state index in [1.807, 2.05) is 55.8 Å². The van der Waals surface area contributed by atoms with E-state index in [9.17, 15) is 9.59 Å². The molecule has 0 saturated carbocycles. The van der Waals surface area contributed by atoms with Crippen molar-refractivity contribution < 1.29 is 0 Å². The Morgan fingerprint density at radius 3 is 2.54 bits per heavy atom. The normalized spacial score (nSPS) is 11.7. The molecule has 0 atom stereocenters. The smallest absolute Gasteiger partial charge is 0.283 e. The highest BCUT2D eigenvalue weighted by Crippen LogP contribution is 2.22. The summed E-state index contributed by atoms with van der Waals surface area (Å²) >= 11 is 0. The molecule has 134 valence electrons. The summed E-state index contributed by atoms with van der Waals surface area (Å²) in [7, 11) is 1.66. The van der Waals surface area contributed by atoms with Gasteiger partial charge in [0.05, 0.1) is 5.69 Å². The standard InChI is InChI=1S/C19H21N5O2/c1-5-10-22-17(25)15-16(21(4)19(22)26)20-18-23(15)11-13(3)24(18)14-9-7-6-8-12(14)2/h6-9,11H,5,10H2,1-4H3. The molecule has 0 aliphatic rings. The molecule has 4 rings (SSSR count). The molecule has 4 aromatic rings. The Labute approximate surface area is 149 Å². The number of hydrogen-bond donors (Lipinski definition) is 0. The molecule has 0 aliphatic heterocycles. The number of nitrogens with zero attached hydrogens (tertiary/aromatic N) is 5. The molecule has 0 fully saturated rings. The first-order chi connectivity index (χ1) is 12.5. The Morgan fingerprint density at radius 1 is 1.12 bits per heavy atom. The van der Waals surface area contributed by atoms with Gasteiger partial charge in [-0.15, -0.1) is 0 Å². The van der Waals surface area contributed by atoms with Gasteiger partial charge in [0.2, 0.25) is 5.78 Å². The molecule has 26 heavy (non-hydrogen) atoms. The predicted octanol–water partition coefficient (Wildman–Crippen LogP) is 2.17. The summed E-state index contributed by atoms with van der Waals surface area (Å²) in [4.78, 5) is 30.2. The third kappa shape index (κ3) is 2.09. The van der Waals surface area contributed by atoms with Crippen molar-refractivity contribution >= 4 is 16.9 Å². The second-order valence-corrected chi connectivity index (χ2v) is 6.64. The third-order valence-electron chi connectivity index (χ3n) is 4.83. The van der Waals surface area contributed by atoms with Crippen LogP contribution in [0.4, 0.5) is 0 Å². The average Bonchev–Trinajstić information content (AvgIpc) is 3.12. The lowest BCUT2D eigenvalue weighted by Crippen LogP contribution is -2.39.